The summed E-state index contributed by atoms with van der Waals surface area (Å²) in [5.74, 6) is -0.539. The molecule has 0 unspecified atom stereocenters. The molecule has 0 radical (unpaired) electrons. The number of aromatic amines is 1. The fraction of sp³-hybridized carbons (Fsp3) is 0.286. The Balaban J connectivity index is 3.55. The van der Waals surface area contributed by atoms with Gasteiger partial charge >= 0.3 is 6.18 Å². The van der Waals surface area contributed by atoms with Gasteiger partial charge < -0.3 is 10.7 Å². The molecule has 0 amide bonds. The molecule has 1 aromatic rings. The third-order valence-electron chi connectivity index (χ3n) is 1.60. The summed E-state index contributed by atoms with van der Waals surface area (Å²) in [7, 11) is 0. The van der Waals surface area contributed by atoms with Crippen molar-refractivity contribution >= 4 is 5.82 Å². The molecule has 1 heterocycles. The minimum atomic E-state index is -5.13. The van der Waals surface area contributed by atoms with Crippen molar-refractivity contribution in [1.29, 1.82) is 0 Å². The lowest BCUT2D eigenvalue weighted by Crippen LogP contribution is -2.25. The third-order valence-corrected chi connectivity index (χ3v) is 1.60. The molecule has 0 atom stereocenters. The van der Waals surface area contributed by atoms with E-state index in [1.807, 2.05) is 0 Å². The monoisotopic (exact) mass is 228 g/mol. The molecule has 0 fully saturated rings. The van der Waals surface area contributed by atoms with Gasteiger partial charge in [0.25, 0.3) is 12.0 Å². The Morgan fingerprint density at radius 3 is 2.27 bits per heavy atom. The van der Waals surface area contributed by atoms with Crippen molar-refractivity contribution in [2.75, 3.05) is 5.73 Å². The number of hydrogen-bond acceptors (Lipinski definition) is 2. The number of H-pyrrole nitrogens is 1. The van der Waals surface area contributed by atoms with Crippen LogP contribution in [0, 0.1) is 0 Å². The number of nitrogens with two attached hydrogens (primary N) is 1. The predicted molar refractivity (Wildman–Crippen MR) is 41.4 cm³/mol. The zero-order chi connectivity index (χ0) is 11.8. The zero-order valence-electron chi connectivity index (χ0n) is 7.03. The number of aromatic nitrogens is 1. The average molecular weight is 228 g/mol. The summed E-state index contributed by atoms with van der Waals surface area (Å²) >= 11 is 0. The molecule has 0 aromatic carbocycles. The summed E-state index contributed by atoms with van der Waals surface area (Å²) < 4.78 is 61.0. The molecular formula is C7H5F5N2O. The van der Waals surface area contributed by atoms with Crippen LogP contribution in [0.15, 0.2) is 10.9 Å². The second kappa shape index (κ2) is 3.52. The van der Waals surface area contributed by atoms with Crippen LogP contribution >= 0.6 is 0 Å². The van der Waals surface area contributed by atoms with E-state index >= 15 is 0 Å². The molecule has 0 bridgehead atoms. The van der Waals surface area contributed by atoms with Gasteiger partial charge in [-0.3, -0.25) is 4.79 Å². The van der Waals surface area contributed by atoms with Crippen LogP contribution in [-0.2, 0) is 6.18 Å². The van der Waals surface area contributed by atoms with Gasteiger partial charge in [0.2, 0.25) is 0 Å². The summed E-state index contributed by atoms with van der Waals surface area (Å²) in [4.78, 5) is 12.4. The highest BCUT2D eigenvalue weighted by atomic mass is 19.4. The van der Waals surface area contributed by atoms with E-state index in [0.29, 0.717) is 6.07 Å². The minimum absolute atomic E-state index is 0.398. The van der Waals surface area contributed by atoms with E-state index in [1.165, 1.54) is 0 Å². The molecule has 3 nitrogen and oxygen atoms in total. The number of alkyl halides is 5. The first-order valence-corrected chi connectivity index (χ1v) is 3.61. The molecule has 0 saturated carbocycles. The molecule has 1 rings (SSSR count). The quantitative estimate of drug-likeness (QED) is 0.721. The SMILES string of the molecule is Nc1cc(C(F)F)c(C(F)(F)F)c(=O)[nH]1. The predicted octanol–water partition coefficient (Wildman–Crippen LogP) is 1.91. The molecule has 0 saturated heterocycles. The Morgan fingerprint density at radius 2 is 1.87 bits per heavy atom. The van der Waals surface area contributed by atoms with Gasteiger partial charge in [-0.05, 0) is 6.07 Å². The Hall–Kier alpha value is -1.60. The summed E-state index contributed by atoms with van der Waals surface area (Å²) in [6, 6.07) is 0.398. The second-order valence-electron chi connectivity index (χ2n) is 2.68. The molecule has 0 aliphatic rings. The van der Waals surface area contributed by atoms with Crippen LogP contribution in [0.2, 0.25) is 0 Å². The van der Waals surface area contributed by atoms with E-state index in [2.05, 4.69) is 0 Å². The van der Waals surface area contributed by atoms with Crippen LogP contribution < -0.4 is 11.3 Å². The maximum atomic E-state index is 12.2. The standard InChI is InChI=1S/C7H5F5N2O/c8-5(9)2-1-3(13)14-6(15)4(2)7(10,11)12/h1,5H,(H3,13,14,15). The normalized spacial score (nSPS) is 12.1. The highest BCUT2D eigenvalue weighted by molar-refractivity contribution is 5.39. The van der Waals surface area contributed by atoms with E-state index in [4.69, 9.17) is 5.73 Å². The van der Waals surface area contributed by atoms with Gasteiger partial charge in [0.15, 0.2) is 0 Å². The van der Waals surface area contributed by atoms with E-state index < -0.39 is 35.1 Å². The molecule has 84 valence electrons. The molecule has 0 aliphatic carbocycles. The van der Waals surface area contributed by atoms with Crippen molar-refractivity contribution in [3.05, 3.63) is 27.5 Å². The van der Waals surface area contributed by atoms with E-state index in [9.17, 15) is 26.7 Å². The van der Waals surface area contributed by atoms with Crippen LogP contribution in [0.25, 0.3) is 0 Å². The van der Waals surface area contributed by atoms with Crippen molar-refractivity contribution in [3.63, 3.8) is 0 Å². The minimum Gasteiger partial charge on any atom is -0.385 e. The van der Waals surface area contributed by atoms with E-state index in [-0.39, 0.29) is 0 Å². The summed E-state index contributed by atoms with van der Waals surface area (Å²) in [6.07, 6.45) is -8.54. The van der Waals surface area contributed by atoms with Crippen molar-refractivity contribution in [2.45, 2.75) is 12.6 Å². The average Bonchev–Trinajstić information content (AvgIpc) is 1.99. The van der Waals surface area contributed by atoms with Gasteiger partial charge in [-0.15, -0.1) is 0 Å². The van der Waals surface area contributed by atoms with Gasteiger partial charge in [0, 0.05) is 5.56 Å². The van der Waals surface area contributed by atoms with E-state index in [1.54, 1.807) is 4.98 Å². The van der Waals surface area contributed by atoms with Crippen LogP contribution in [0.3, 0.4) is 0 Å². The van der Waals surface area contributed by atoms with Crippen LogP contribution in [0.5, 0.6) is 0 Å². The Morgan fingerprint density at radius 1 is 1.33 bits per heavy atom. The maximum Gasteiger partial charge on any atom is 0.422 e. The first kappa shape index (κ1) is 11.5. The zero-order valence-corrected chi connectivity index (χ0v) is 7.03. The van der Waals surface area contributed by atoms with Crippen LogP contribution in [0.4, 0.5) is 27.8 Å². The molecular weight excluding hydrogens is 223 g/mol. The lowest BCUT2D eigenvalue weighted by Gasteiger charge is -2.11. The van der Waals surface area contributed by atoms with Gasteiger partial charge in [-0.25, -0.2) is 8.78 Å². The Kier molecular flexibility index (Phi) is 2.69. The highest BCUT2D eigenvalue weighted by Crippen LogP contribution is 2.34. The number of hydrogen-bond donors (Lipinski definition) is 2. The fourth-order valence-corrected chi connectivity index (χ4v) is 1.06. The molecule has 0 aliphatic heterocycles. The first-order valence-electron chi connectivity index (χ1n) is 3.61. The van der Waals surface area contributed by atoms with Crippen LogP contribution in [-0.4, -0.2) is 4.98 Å². The molecule has 15 heavy (non-hydrogen) atoms. The Bertz CT molecular complexity index is 422. The summed E-state index contributed by atoms with van der Waals surface area (Å²) in [5.41, 5.74) is -0.0392. The lowest BCUT2D eigenvalue weighted by atomic mass is 10.1. The molecule has 0 spiro atoms. The van der Waals surface area contributed by atoms with Gasteiger partial charge in [-0.2, -0.15) is 13.2 Å². The molecule has 1 aromatic heterocycles. The maximum absolute atomic E-state index is 12.2. The van der Waals surface area contributed by atoms with Crippen molar-refractivity contribution in [3.8, 4) is 0 Å². The van der Waals surface area contributed by atoms with Crippen molar-refractivity contribution in [1.82, 2.24) is 4.98 Å². The van der Waals surface area contributed by atoms with Gasteiger partial charge in [-0.1, -0.05) is 0 Å². The van der Waals surface area contributed by atoms with Crippen molar-refractivity contribution in [2.24, 2.45) is 0 Å². The number of rotatable bonds is 1. The fourth-order valence-electron chi connectivity index (χ4n) is 1.06. The largest absolute Gasteiger partial charge is 0.422 e. The van der Waals surface area contributed by atoms with Crippen molar-refractivity contribution < 1.29 is 22.0 Å². The number of nitrogen functional groups attached to an aromatic ring is 1. The topological polar surface area (TPSA) is 58.9 Å². The highest BCUT2D eigenvalue weighted by Gasteiger charge is 2.39. The van der Waals surface area contributed by atoms with Crippen LogP contribution in [0.1, 0.15) is 17.6 Å². The third kappa shape index (κ3) is 2.25. The second-order valence-corrected chi connectivity index (χ2v) is 2.68. The number of nitrogens with one attached hydrogen (secondary N) is 1. The lowest BCUT2D eigenvalue weighted by molar-refractivity contribution is -0.140. The molecule has 3 N–H and O–H groups in total. The summed E-state index contributed by atoms with van der Waals surface area (Å²) in [6.45, 7) is 0. The number of anilines is 1. The van der Waals surface area contributed by atoms with E-state index in [0.717, 1.165) is 0 Å². The number of halogens is 5. The Labute approximate surface area is 79.7 Å². The first-order chi connectivity index (χ1) is 6.73. The smallest absolute Gasteiger partial charge is 0.385 e. The van der Waals surface area contributed by atoms with Gasteiger partial charge in [0.1, 0.15) is 11.4 Å². The number of pyridine rings is 1. The molecule has 8 heteroatoms. The summed E-state index contributed by atoms with van der Waals surface area (Å²) in [5, 5.41) is 0. The van der Waals surface area contributed by atoms with Gasteiger partial charge in [0.05, 0.1) is 0 Å².